The van der Waals surface area contributed by atoms with Gasteiger partial charge in [-0.2, -0.15) is 0 Å². The Labute approximate surface area is 107 Å². The van der Waals surface area contributed by atoms with E-state index in [9.17, 15) is 19.8 Å². The highest BCUT2D eigenvalue weighted by Gasteiger charge is 2.39. The fourth-order valence-corrected chi connectivity index (χ4v) is 2.61. The van der Waals surface area contributed by atoms with Crippen LogP contribution in [0.5, 0.6) is 0 Å². The van der Waals surface area contributed by atoms with E-state index >= 15 is 0 Å². The van der Waals surface area contributed by atoms with E-state index in [-0.39, 0.29) is 5.75 Å². The summed E-state index contributed by atoms with van der Waals surface area (Å²) in [5, 5.41) is 46.8. The van der Waals surface area contributed by atoms with E-state index in [1.54, 1.807) is 0 Å². The van der Waals surface area contributed by atoms with Gasteiger partial charge in [-0.15, -0.1) is 11.8 Å². The van der Waals surface area contributed by atoms with Gasteiger partial charge in [0.2, 0.25) is 0 Å². The van der Waals surface area contributed by atoms with Crippen LogP contribution in [0.25, 0.3) is 0 Å². The lowest BCUT2D eigenvalue weighted by Gasteiger charge is -2.22. The van der Waals surface area contributed by atoms with Crippen molar-refractivity contribution in [1.82, 2.24) is 5.32 Å². The van der Waals surface area contributed by atoms with Crippen LogP contribution in [0.1, 0.15) is 0 Å². The van der Waals surface area contributed by atoms with E-state index in [0.717, 1.165) is 11.8 Å². The number of hydrogen-bond acceptors (Lipinski definition) is 8. The first kappa shape index (κ1) is 15.3. The van der Waals surface area contributed by atoms with Crippen LogP contribution < -0.4 is 5.32 Å². The van der Waals surface area contributed by atoms with Gasteiger partial charge in [-0.3, -0.25) is 14.9 Å². The van der Waals surface area contributed by atoms with Crippen LogP contribution in [-0.2, 0) is 9.59 Å². The molecule has 8 nitrogen and oxygen atoms in total. The normalized spacial score (nSPS) is 28.7. The number of carbonyl (C=O) groups is 2. The van der Waals surface area contributed by atoms with E-state index in [0.29, 0.717) is 0 Å². The van der Waals surface area contributed by atoms with Crippen LogP contribution in [0.2, 0.25) is 0 Å². The summed E-state index contributed by atoms with van der Waals surface area (Å²) in [4.78, 5) is 22.4. The zero-order valence-corrected chi connectivity index (χ0v) is 10.1. The summed E-state index contributed by atoms with van der Waals surface area (Å²) >= 11 is 0.995. The van der Waals surface area contributed by atoms with Crippen molar-refractivity contribution >= 4 is 23.5 Å². The molecular formula is C9H15NO7S. The van der Waals surface area contributed by atoms with Crippen molar-refractivity contribution in [2.24, 2.45) is 0 Å². The van der Waals surface area contributed by atoms with Gasteiger partial charge in [-0.1, -0.05) is 0 Å². The highest BCUT2D eigenvalue weighted by molar-refractivity contribution is 8.00. The van der Waals surface area contributed by atoms with Crippen LogP contribution >= 0.6 is 11.8 Å². The van der Waals surface area contributed by atoms with Crippen molar-refractivity contribution in [3.63, 3.8) is 0 Å². The Morgan fingerprint density at radius 2 is 1.94 bits per heavy atom. The second kappa shape index (κ2) is 6.45. The summed E-state index contributed by atoms with van der Waals surface area (Å²) in [7, 11) is 0. The van der Waals surface area contributed by atoms with Gasteiger partial charge >= 0.3 is 5.97 Å². The average molecular weight is 281 g/mol. The molecule has 1 heterocycles. The molecule has 5 atom stereocenters. The Morgan fingerprint density at radius 1 is 1.33 bits per heavy atom. The topological polar surface area (TPSA) is 147 Å². The molecular weight excluding hydrogens is 266 g/mol. The van der Waals surface area contributed by atoms with Crippen LogP contribution in [0.4, 0.5) is 0 Å². The van der Waals surface area contributed by atoms with E-state index < -0.39 is 48.1 Å². The number of carboxylic acids is 1. The first-order valence-corrected chi connectivity index (χ1v) is 6.22. The molecule has 0 aliphatic carbocycles. The van der Waals surface area contributed by atoms with Crippen molar-refractivity contribution in [2.75, 3.05) is 12.4 Å². The predicted molar refractivity (Wildman–Crippen MR) is 60.9 cm³/mol. The van der Waals surface area contributed by atoms with Gasteiger partial charge in [0.05, 0.1) is 6.61 Å². The first-order chi connectivity index (χ1) is 8.38. The van der Waals surface area contributed by atoms with Crippen molar-refractivity contribution in [3.8, 4) is 0 Å². The zero-order valence-electron chi connectivity index (χ0n) is 9.26. The molecule has 9 heteroatoms. The molecule has 0 aromatic rings. The smallest absolute Gasteiger partial charge is 0.321 e. The molecule has 0 amide bonds. The number of carbonyl (C=O) groups excluding carboxylic acids is 1. The fourth-order valence-electron chi connectivity index (χ4n) is 1.42. The zero-order chi connectivity index (χ0) is 13.9. The second-order valence-corrected chi connectivity index (χ2v) is 5.00. The van der Waals surface area contributed by atoms with E-state index in [1.165, 1.54) is 0 Å². The number of carboxylic acid groups (broad SMARTS) is 1. The minimum absolute atomic E-state index is 0.164. The summed E-state index contributed by atoms with van der Waals surface area (Å²) in [5.74, 6) is -1.77. The summed E-state index contributed by atoms with van der Waals surface area (Å²) in [6, 6.07) is -0.893. The molecule has 0 aromatic carbocycles. The van der Waals surface area contributed by atoms with Gasteiger partial charge in [-0.25, -0.2) is 0 Å². The minimum atomic E-state index is -1.88. The van der Waals surface area contributed by atoms with Crippen LogP contribution in [0.3, 0.4) is 0 Å². The Kier molecular flexibility index (Phi) is 5.50. The Morgan fingerprint density at radius 3 is 2.39 bits per heavy atom. The molecule has 6 N–H and O–H groups in total. The fraction of sp³-hybridized carbons (Fsp3) is 0.778. The van der Waals surface area contributed by atoms with E-state index in [4.69, 9.17) is 15.3 Å². The molecule has 0 spiro atoms. The quantitative estimate of drug-likeness (QED) is 0.295. The van der Waals surface area contributed by atoms with E-state index in [2.05, 4.69) is 5.32 Å². The Hall–Kier alpha value is -0.710. The maximum Gasteiger partial charge on any atom is 0.321 e. The van der Waals surface area contributed by atoms with Crippen LogP contribution in [0, 0.1) is 0 Å². The highest BCUT2D eigenvalue weighted by Crippen LogP contribution is 2.21. The SMILES string of the molecule is O=C(O)[C@@H]1CSC(C(=O)[C@@H](O)[C@H](O)[C@H](O)CO)N1. The number of aliphatic hydroxyl groups is 4. The van der Waals surface area contributed by atoms with Crippen LogP contribution in [0.15, 0.2) is 0 Å². The van der Waals surface area contributed by atoms with Gasteiger partial charge < -0.3 is 25.5 Å². The monoisotopic (exact) mass is 281 g/mol. The third-order valence-electron chi connectivity index (χ3n) is 2.53. The van der Waals surface area contributed by atoms with Crippen molar-refractivity contribution < 1.29 is 35.1 Å². The van der Waals surface area contributed by atoms with Gasteiger partial charge in [0, 0.05) is 5.75 Å². The number of thioether (sulfide) groups is 1. The lowest BCUT2D eigenvalue weighted by Crippen LogP contribution is -2.50. The van der Waals surface area contributed by atoms with Gasteiger partial charge in [-0.05, 0) is 0 Å². The standard InChI is InChI=1S/C9H15NO7S/c11-1-4(12)5(13)6(14)7(15)8-10-3(2-18-8)9(16)17/h3-6,8,10-14H,1-2H2,(H,16,17)/t3-,4+,5+,6-,8?/m0/s1. The number of ketones is 1. The van der Waals surface area contributed by atoms with Gasteiger partial charge in [0.25, 0.3) is 0 Å². The molecule has 1 fully saturated rings. The minimum Gasteiger partial charge on any atom is -0.480 e. The maximum absolute atomic E-state index is 11.7. The number of nitrogens with one attached hydrogen (secondary N) is 1. The lowest BCUT2D eigenvalue weighted by atomic mass is 10.0. The molecule has 1 rings (SSSR count). The maximum atomic E-state index is 11.7. The molecule has 0 aromatic heterocycles. The molecule has 0 saturated carbocycles. The second-order valence-electron chi connectivity index (χ2n) is 3.86. The number of aliphatic carboxylic acids is 1. The molecule has 0 radical (unpaired) electrons. The third kappa shape index (κ3) is 3.40. The summed E-state index contributed by atoms with van der Waals surface area (Å²) in [6.07, 6.45) is -5.33. The predicted octanol–water partition coefficient (Wildman–Crippen LogP) is -3.25. The van der Waals surface area contributed by atoms with Crippen molar-refractivity contribution in [2.45, 2.75) is 29.7 Å². The number of rotatable bonds is 6. The van der Waals surface area contributed by atoms with Crippen molar-refractivity contribution in [1.29, 1.82) is 0 Å². The molecule has 1 saturated heterocycles. The highest BCUT2D eigenvalue weighted by atomic mass is 32.2. The Bertz CT molecular complexity index is 326. The lowest BCUT2D eigenvalue weighted by molar-refractivity contribution is -0.141. The number of hydrogen-bond donors (Lipinski definition) is 6. The summed E-state index contributed by atoms with van der Waals surface area (Å²) in [5.41, 5.74) is 0. The molecule has 104 valence electrons. The largest absolute Gasteiger partial charge is 0.480 e. The first-order valence-electron chi connectivity index (χ1n) is 5.17. The number of aliphatic hydroxyl groups excluding tert-OH is 4. The van der Waals surface area contributed by atoms with E-state index in [1.807, 2.05) is 0 Å². The molecule has 18 heavy (non-hydrogen) atoms. The third-order valence-corrected chi connectivity index (χ3v) is 3.76. The van der Waals surface area contributed by atoms with Gasteiger partial charge in [0.1, 0.15) is 29.7 Å². The Balaban J connectivity index is 2.57. The number of Topliss-reactive ketones (excluding diaryl/α,β-unsaturated/α-hetero) is 1. The molecule has 1 unspecified atom stereocenters. The summed E-state index contributed by atoms with van der Waals surface area (Å²) < 4.78 is 0. The molecule has 1 aliphatic rings. The van der Waals surface area contributed by atoms with Crippen LogP contribution in [-0.4, -0.2) is 79.4 Å². The molecule has 1 aliphatic heterocycles. The van der Waals surface area contributed by atoms with Gasteiger partial charge in [0.15, 0.2) is 5.78 Å². The average Bonchev–Trinajstić information content (AvgIpc) is 2.84. The van der Waals surface area contributed by atoms with Crippen molar-refractivity contribution in [3.05, 3.63) is 0 Å². The summed E-state index contributed by atoms with van der Waals surface area (Å²) in [6.45, 7) is -0.797. The molecule has 0 bridgehead atoms.